The zero-order valence-corrected chi connectivity index (χ0v) is 11.0. The van der Waals surface area contributed by atoms with Crippen LogP contribution in [0.15, 0.2) is 50.8 Å². The smallest absolute Gasteiger partial charge is 0.371 e. The van der Waals surface area contributed by atoms with E-state index in [9.17, 15) is 4.79 Å². The number of hydrogen-bond acceptors (Lipinski definition) is 3. The van der Waals surface area contributed by atoms with Crippen LogP contribution in [0.1, 0.15) is 35.9 Å². The van der Waals surface area contributed by atoms with Gasteiger partial charge in [0.15, 0.2) is 5.09 Å². The van der Waals surface area contributed by atoms with Gasteiger partial charge in [0, 0.05) is 4.90 Å². The van der Waals surface area contributed by atoms with Crippen molar-refractivity contribution in [1.29, 1.82) is 0 Å². The fourth-order valence-electron chi connectivity index (χ4n) is 1.65. The van der Waals surface area contributed by atoms with Gasteiger partial charge in [-0.15, -0.1) is 0 Å². The third kappa shape index (κ3) is 2.76. The van der Waals surface area contributed by atoms with Gasteiger partial charge >= 0.3 is 5.97 Å². The fourth-order valence-corrected chi connectivity index (χ4v) is 2.70. The Balaban J connectivity index is 2.25. The van der Waals surface area contributed by atoms with Gasteiger partial charge in [0.1, 0.15) is 0 Å². The number of rotatable bonds is 4. The van der Waals surface area contributed by atoms with Crippen LogP contribution in [0.25, 0.3) is 0 Å². The van der Waals surface area contributed by atoms with E-state index in [2.05, 4.69) is 19.9 Å². The number of carbonyl (C=O) groups is 1. The molecule has 2 rings (SSSR count). The molecule has 1 heterocycles. The Bertz CT molecular complexity index is 558. The maximum Gasteiger partial charge on any atom is 0.371 e. The van der Waals surface area contributed by atoms with Crippen molar-refractivity contribution in [1.82, 2.24) is 0 Å². The summed E-state index contributed by atoms with van der Waals surface area (Å²) >= 11 is 1.45. The van der Waals surface area contributed by atoms with E-state index in [0.29, 0.717) is 11.0 Å². The van der Waals surface area contributed by atoms with Gasteiger partial charge in [-0.3, -0.25) is 0 Å². The summed E-state index contributed by atoms with van der Waals surface area (Å²) in [6.45, 7) is 4.26. The van der Waals surface area contributed by atoms with Crippen LogP contribution in [0.3, 0.4) is 0 Å². The van der Waals surface area contributed by atoms with Gasteiger partial charge in [0.25, 0.3) is 0 Å². The first kappa shape index (κ1) is 12.8. The monoisotopic (exact) mass is 262 g/mol. The van der Waals surface area contributed by atoms with E-state index in [1.54, 1.807) is 6.07 Å². The first-order chi connectivity index (χ1) is 8.58. The Morgan fingerprint density at radius 2 is 1.94 bits per heavy atom. The molecule has 0 fully saturated rings. The van der Waals surface area contributed by atoms with E-state index in [-0.39, 0.29) is 5.76 Å². The molecule has 0 amide bonds. The molecule has 94 valence electrons. The molecule has 0 atom stereocenters. The number of furan rings is 1. The Morgan fingerprint density at radius 1 is 1.22 bits per heavy atom. The zero-order chi connectivity index (χ0) is 13.1. The number of hydrogen-bond donors (Lipinski definition) is 1. The number of aromatic carboxylic acids is 1. The minimum absolute atomic E-state index is 0.0282. The van der Waals surface area contributed by atoms with Crippen molar-refractivity contribution >= 4 is 17.7 Å². The summed E-state index contributed by atoms with van der Waals surface area (Å²) in [5, 5.41) is 9.40. The molecule has 0 saturated heterocycles. The van der Waals surface area contributed by atoms with E-state index >= 15 is 0 Å². The third-order valence-corrected chi connectivity index (χ3v) is 3.56. The SMILES string of the molecule is CC(C)c1ccccc1Sc1ccc(C(=O)O)o1. The predicted molar refractivity (Wildman–Crippen MR) is 70.3 cm³/mol. The largest absolute Gasteiger partial charge is 0.475 e. The van der Waals surface area contributed by atoms with Crippen LogP contribution < -0.4 is 0 Å². The maximum atomic E-state index is 10.7. The van der Waals surface area contributed by atoms with Gasteiger partial charge in [-0.1, -0.05) is 43.8 Å². The molecule has 0 aliphatic heterocycles. The van der Waals surface area contributed by atoms with Crippen LogP contribution in [0, 0.1) is 0 Å². The zero-order valence-electron chi connectivity index (χ0n) is 10.2. The Kier molecular flexibility index (Phi) is 3.77. The normalized spacial score (nSPS) is 10.8. The Labute approximate surface area is 110 Å². The van der Waals surface area contributed by atoms with Crippen LogP contribution in [-0.2, 0) is 0 Å². The van der Waals surface area contributed by atoms with Crippen LogP contribution in [-0.4, -0.2) is 11.1 Å². The van der Waals surface area contributed by atoms with Crippen molar-refractivity contribution in [2.75, 3.05) is 0 Å². The lowest BCUT2D eigenvalue weighted by Crippen LogP contribution is -1.91. The van der Waals surface area contributed by atoms with Gasteiger partial charge in [-0.25, -0.2) is 4.79 Å². The number of carboxylic acid groups (broad SMARTS) is 1. The van der Waals surface area contributed by atoms with Crippen LogP contribution in [0.5, 0.6) is 0 Å². The first-order valence-electron chi connectivity index (χ1n) is 5.68. The van der Waals surface area contributed by atoms with Crippen molar-refractivity contribution in [2.45, 2.75) is 29.8 Å². The van der Waals surface area contributed by atoms with Gasteiger partial charge in [-0.05, 0) is 29.7 Å². The summed E-state index contributed by atoms with van der Waals surface area (Å²) < 4.78 is 5.25. The Hall–Kier alpha value is -1.68. The fraction of sp³-hybridized carbons (Fsp3) is 0.214. The maximum absolute atomic E-state index is 10.7. The van der Waals surface area contributed by atoms with Crippen molar-refractivity contribution in [3.63, 3.8) is 0 Å². The molecule has 0 radical (unpaired) electrons. The van der Waals surface area contributed by atoms with Gasteiger partial charge in [0.2, 0.25) is 5.76 Å². The lowest BCUT2D eigenvalue weighted by atomic mass is 10.0. The average Bonchev–Trinajstić information content (AvgIpc) is 2.78. The van der Waals surface area contributed by atoms with E-state index in [0.717, 1.165) is 4.90 Å². The molecule has 18 heavy (non-hydrogen) atoms. The van der Waals surface area contributed by atoms with E-state index in [1.165, 1.54) is 23.4 Å². The topological polar surface area (TPSA) is 50.4 Å². The molecular formula is C14H14O3S. The van der Waals surface area contributed by atoms with Crippen molar-refractivity contribution < 1.29 is 14.3 Å². The van der Waals surface area contributed by atoms with Crippen LogP contribution >= 0.6 is 11.8 Å². The molecular weight excluding hydrogens is 248 g/mol. The minimum atomic E-state index is -1.04. The summed E-state index contributed by atoms with van der Waals surface area (Å²) in [6, 6.07) is 11.2. The number of carboxylic acids is 1. The van der Waals surface area contributed by atoms with Gasteiger partial charge < -0.3 is 9.52 Å². The average molecular weight is 262 g/mol. The second kappa shape index (κ2) is 5.31. The molecule has 1 aromatic carbocycles. The highest BCUT2D eigenvalue weighted by Crippen LogP contribution is 2.34. The Morgan fingerprint density at radius 3 is 2.56 bits per heavy atom. The van der Waals surface area contributed by atoms with E-state index in [4.69, 9.17) is 9.52 Å². The number of benzene rings is 1. The molecule has 0 aliphatic carbocycles. The highest BCUT2D eigenvalue weighted by molar-refractivity contribution is 7.99. The summed E-state index contributed by atoms with van der Waals surface area (Å²) in [6.07, 6.45) is 0. The second-order valence-electron chi connectivity index (χ2n) is 4.22. The summed E-state index contributed by atoms with van der Waals surface area (Å²) in [4.78, 5) is 11.8. The molecule has 2 aromatic rings. The molecule has 3 nitrogen and oxygen atoms in total. The molecule has 0 saturated carbocycles. The molecule has 0 bridgehead atoms. The molecule has 0 spiro atoms. The molecule has 4 heteroatoms. The summed E-state index contributed by atoms with van der Waals surface area (Å²) in [7, 11) is 0. The highest BCUT2D eigenvalue weighted by Gasteiger charge is 2.12. The lowest BCUT2D eigenvalue weighted by molar-refractivity contribution is 0.0656. The van der Waals surface area contributed by atoms with Crippen molar-refractivity contribution in [2.24, 2.45) is 0 Å². The lowest BCUT2D eigenvalue weighted by Gasteiger charge is -2.10. The second-order valence-corrected chi connectivity index (χ2v) is 5.26. The molecule has 0 aliphatic rings. The first-order valence-corrected chi connectivity index (χ1v) is 6.49. The third-order valence-electron chi connectivity index (χ3n) is 2.54. The summed E-state index contributed by atoms with van der Waals surface area (Å²) in [5.41, 5.74) is 1.23. The quantitative estimate of drug-likeness (QED) is 0.894. The summed E-state index contributed by atoms with van der Waals surface area (Å²) in [5.74, 6) is -0.652. The predicted octanol–water partition coefficient (Wildman–Crippen LogP) is 4.25. The van der Waals surface area contributed by atoms with Crippen LogP contribution in [0.2, 0.25) is 0 Å². The van der Waals surface area contributed by atoms with Gasteiger partial charge in [-0.2, -0.15) is 0 Å². The van der Waals surface area contributed by atoms with Gasteiger partial charge in [0.05, 0.1) is 0 Å². The molecule has 1 aromatic heterocycles. The molecule has 1 N–H and O–H groups in total. The molecule has 0 unspecified atom stereocenters. The van der Waals surface area contributed by atoms with E-state index in [1.807, 2.05) is 18.2 Å². The highest BCUT2D eigenvalue weighted by atomic mass is 32.2. The van der Waals surface area contributed by atoms with Crippen LogP contribution in [0.4, 0.5) is 0 Å². The van der Waals surface area contributed by atoms with Crippen molar-refractivity contribution in [3.05, 3.63) is 47.7 Å². The van der Waals surface area contributed by atoms with Crippen molar-refractivity contribution in [3.8, 4) is 0 Å². The van der Waals surface area contributed by atoms with E-state index < -0.39 is 5.97 Å². The minimum Gasteiger partial charge on any atom is -0.475 e. The standard InChI is InChI=1S/C14H14O3S/c1-9(2)10-5-3-4-6-12(10)18-13-8-7-11(17-13)14(15)16/h3-9H,1-2H3,(H,15,16).